The Morgan fingerprint density at radius 3 is 2.80 bits per heavy atom. The number of imidazole rings is 1. The topological polar surface area (TPSA) is 96.3 Å². The van der Waals surface area contributed by atoms with Crippen LogP contribution in [0.1, 0.15) is 23.3 Å². The minimum Gasteiger partial charge on any atom is -0.476 e. The maximum absolute atomic E-state index is 11.6. The van der Waals surface area contributed by atoms with Crippen LogP contribution in [0.3, 0.4) is 0 Å². The number of carbonyl (C=O) groups excluding carboxylic acids is 1. The van der Waals surface area contributed by atoms with E-state index in [4.69, 9.17) is 5.11 Å². The van der Waals surface area contributed by atoms with Crippen molar-refractivity contribution in [1.29, 1.82) is 0 Å². The van der Waals surface area contributed by atoms with Crippen LogP contribution < -0.4 is 10.6 Å². The van der Waals surface area contributed by atoms with Crippen molar-refractivity contribution in [3.8, 4) is 0 Å². The van der Waals surface area contributed by atoms with E-state index in [-0.39, 0.29) is 16.5 Å². The number of carboxylic acid groups (broad SMARTS) is 1. The summed E-state index contributed by atoms with van der Waals surface area (Å²) in [5.74, 6) is -1.05. The van der Waals surface area contributed by atoms with Gasteiger partial charge in [-0.25, -0.2) is 14.6 Å². The highest BCUT2D eigenvalue weighted by Crippen LogP contribution is 2.46. The van der Waals surface area contributed by atoms with Gasteiger partial charge in [-0.1, -0.05) is 0 Å². The van der Waals surface area contributed by atoms with Crippen LogP contribution in [0.25, 0.3) is 0 Å². The molecule has 0 aromatic carbocycles. The first-order valence-corrected chi connectivity index (χ1v) is 7.59. The van der Waals surface area contributed by atoms with Gasteiger partial charge in [0.05, 0.1) is 6.33 Å². The molecule has 20 heavy (non-hydrogen) atoms. The van der Waals surface area contributed by atoms with Gasteiger partial charge < -0.3 is 20.3 Å². The molecule has 0 aliphatic heterocycles. The number of hydrogen-bond acceptors (Lipinski definition) is 4. The highest BCUT2D eigenvalue weighted by molar-refractivity contribution is 8.00. The fourth-order valence-electron chi connectivity index (χ4n) is 1.79. The van der Waals surface area contributed by atoms with Crippen molar-refractivity contribution in [2.75, 3.05) is 19.3 Å². The number of carbonyl (C=O) groups is 2. The van der Waals surface area contributed by atoms with Crippen LogP contribution in [0.4, 0.5) is 4.79 Å². The van der Waals surface area contributed by atoms with Crippen molar-refractivity contribution in [3.63, 3.8) is 0 Å². The Kier molecular flexibility index (Phi) is 4.53. The minimum atomic E-state index is -1.05. The Bertz CT molecular complexity index is 499. The monoisotopic (exact) mass is 298 g/mol. The smallest absolute Gasteiger partial charge is 0.356 e. The van der Waals surface area contributed by atoms with E-state index < -0.39 is 5.97 Å². The molecule has 1 saturated carbocycles. The Morgan fingerprint density at radius 1 is 1.50 bits per heavy atom. The third-order valence-electron chi connectivity index (χ3n) is 3.32. The van der Waals surface area contributed by atoms with Crippen molar-refractivity contribution in [3.05, 3.63) is 18.2 Å². The zero-order valence-corrected chi connectivity index (χ0v) is 12.1. The molecular formula is C12H18N4O3S. The van der Waals surface area contributed by atoms with E-state index in [1.165, 1.54) is 12.5 Å². The van der Waals surface area contributed by atoms with Crippen molar-refractivity contribution >= 4 is 23.8 Å². The van der Waals surface area contributed by atoms with Crippen LogP contribution in [0.2, 0.25) is 0 Å². The number of thioether (sulfide) groups is 1. The summed E-state index contributed by atoms with van der Waals surface area (Å²) in [6.45, 7) is 1.60. The molecular weight excluding hydrogens is 280 g/mol. The van der Waals surface area contributed by atoms with E-state index in [1.807, 2.05) is 0 Å². The standard InChI is InChI=1S/C12H18N4O3S/c1-20-12(2-3-12)7-14-11(19)13-4-5-16-6-9(10(17)18)15-8-16/h6,8H,2-5,7H2,1H3,(H,17,18)(H2,13,14,19). The van der Waals surface area contributed by atoms with Gasteiger partial charge >= 0.3 is 12.0 Å². The Balaban J connectivity index is 1.64. The number of amides is 2. The number of aromatic nitrogens is 2. The van der Waals surface area contributed by atoms with Crippen LogP contribution in [0.15, 0.2) is 12.5 Å². The predicted octanol–water partition coefficient (Wildman–Crippen LogP) is 0.776. The first-order valence-electron chi connectivity index (χ1n) is 6.37. The molecule has 0 atom stereocenters. The Morgan fingerprint density at radius 2 is 2.25 bits per heavy atom. The zero-order valence-electron chi connectivity index (χ0n) is 11.3. The summed E-state index contributed by atoms with van der Waals surface area (Å²) < 4.78 is 1.88. The molecule has 0 unspecified atom stereocenters. The van der Waals surface area contributed by atoms with Gasteiger partial charge in [-0.2, -0.15) is 11.8 Å². The molecule has 1 aromatic heterocycles. The van der Waals surface area contributed by atoms with Crippen molar-refractivity contribution in [2.24, 2.45) is 0 Å². The number of carboxylic acids is 1. The highest BCUT2D eigenvalue weighted by Gasteiger charge is 2.41. The molecule has 7 nitrogen and oxygen atoms in total. The lowest BCUT2D eigenvalue weighted by atomic mass is 10.4. The number of aromatic carboxylic acids is 1. The van der Waals surface area contributed by atoms with Gasteiger partial charge in [0.2, 0.25) is 0 Å². The molecule has 0 spiro atoms. The lowest BCUT2D eigenvalue weighted by Crippen LogP contribution is -2.40. The van der Waals surface area contributed by atoms with Crippen molar-refractivity contribution in [1.82, 2.24) is 20.2 Å². The van der Waals surface area contributed by atoms with E-state index in [1.54, 1.807) is 16.3 Å². The van der Waals surface area contributed by atoms with Crippen LogP contribution in [0, 0.1) is 0 Å². The second-order valence-electron chi connectivity index (χ2n) is 4.80. The summed E-state index contributed by atoms with van der Waals surface area (Å²) in [6, 6.07) is -0.191. The normalized spacial score (nSPS) is 15.7. The molecule has 1 fully saturated rings. The van der Waals surface area contributed by atoms with E-state index in [0.29, 0.717) is 19.6 Å². The molecule has 1 aliphatic rings. The van der Waals surface area contributed by atoms with Gasteiger partial charge in [0, 0.05) is 30.6 Å². The number of urea groups is 1. The van der Waals surface area contributed by atoms with Gasteiger partial charge in [-0.15, -0.1) is 0 Å². The van der Waals surface area contributed by atoms with E-state index in [9.17, 15) is 9.59 Å². The van der Waals surface area contributed by atoms with Crippen LogP contribution in [-0.2, 0) is 6.54 Å². The first kappa shape index (κ1) is 14.7. The van der Waals surface area contributed by atoms with Gasteiger partial charge in [-0.3, -0.25) is 0 Å². The van der Waals surface area contributed by atoms with E-state index >= 15 is 0 Å². The van der Waals surface area contributed by atoms with Gasteiger partial charge in [-0.05, 0) is 19.1 Å². The quantitative estimate of drug-likeness (QED) is 0.691. The summed E-state index contributed by atoms with van der Waals surface area (Å²) in [6.07, 6.45) is 7.25. The molecule has 1 aromatic rings. The molecule has 8 heteroatoms. The molecule has 3 N–H and O–H groups in total. The summed E-state index contributed by atoms with van der Waals surface area (Å²) in [4.78, 5) is 26.0. The Hall–Kier alpha value is -1.70. The molecule has 0 radical (unpaired) electrons. The third kappa shape index (κ3) is 3.89. The fraction of sp³-hybridized carbons (Fsp3) is 0.583. The summed E-state index contributed by atoms with van der Waals surface area (Å²) in [5.41, 5.74) is 0.00472. The zero-order chi connectivity index (χ0) is 14.6. The van der Waals surface area contributed by atoms with Gasteiger partial charge in [0.15, 0.2) is 5.69 Å². The molecule has 0 bridgehead atoms. The van der Waals surface area contributed by atoms with Crippen LogP contribution >= 0.6 is 11.8 Å². The lowest BCUT2D eigenvalue weighted by Gasteiger charge is -2.13. The SMILES string of the molecule is CSC1(CNC(=O)NCCn2cnc(C(=O)O)c2)CC1. The number of nitrogens with zero attached hydrogens (tertiary/aromatic N) is 2. The van der Waals surface area contributed by atoms with Crippen LogP contribution in [0.5, 0.6) is 0 Å². The molecule has 2 amide bonds. The Labute approximate surface area is 121 Å². The summed E-state index contributed by atoms with van der Waals surface area (Å²) >= 11 is 1.80. The predicted molar refractivity (Wildman–Crippen MR) is 76.1 cm³/mol. The number of hydrogen-bond donors (Lipinski definition) is 3. The number of rotatable bonds is 7. The molecule has 110 valence electrons. The molecule has 2 rings (SSSR count). The van der Waals surface area contributed by atoms with Gasteiger partial charge in [0.25, 0.3) is 0 Å². The molecule has 1 aliphatic carbocycles. The van der Waals surface area contributed by atoms with Gasteiger partial charge in [0.1, 0.15) is 0 Å². The summed E-state index contributed by atoms with van der Waals surface area (Å²) in [5, 5.41) is 14.3. The second kappa shape index (κ2) is 6.17. The van der Waals surface area contributed by atoms with Crippen LogP contribution in [-0.4, -0.2) is 50.8 Å². The average Bonchev–Trinajstić information content (AvgIpc) is 3.06. The van der Waals surface area contributed by atoms with Crippen molar-refractivity contribution in [2.45, 2.75) is 24.1 Å². The summed E-state index contributed by atoms with van der Waals surface area (Å²) in [7, 11) is 0. The minimum absolute atomic E-state index is 0.00472. The largest absolute Gasteiger partial charge is 0.476 e. The average molecular weight is 298 g/mol. The first-order chi connectivity index (χ1) is 9.54. The van der Waals surface area contributed by atoms with Crippen molar-refractivity contribution < 1.29 is 14.7 Å². The fourth-order valence-corrected chi connectivity index (χ4v) is 2.51. The van der Waals surface area contributed by atoms with E-state index in [2.05, 4.69) is 21.9 Å². The molecule has 1 heterocycles. The maximum Gasteiger partial charge on any atom is 0.356 e. The maximum atomic E-state index is 11.6. The second-order valence-corrected chi connectivity index (χ2v) is 6.07. The molecule has 0 saturated heterocycles. The number of nitrogens with one attached hydrogen (secondary N) is 2. The van der Waals surface area contributed by atoms with E-state index in [0.717, 1.165) is 12.8 Å². The third-order valence-corrected chi connectivity index (χ3v) is 4.74. The lowest BCUT2D eigenvalue weighted by molar-refractivity contribution is 0.0691. The highest BCUT2D eigenvalue weighted by atomic mass is 32.2.